The van der Waals surface area contributed by atoms with E-state index in [2.05, 4.69) is 10.3 Å². The van der Waals surface area contributed by atoms with Gasteiger partial charge in [0.1, 0.15) is 6.67 Å². The lowest BCUT2D eigenvalue weighted by molar-refractivity contribution is 0.274. The van der Waals surface area contributed by atoms with Gasteiger partial charge in [-0.3, -0.25) is 4.98 Å². The van der Waals surface area contributed by atoms with E-state index in [9.17, 15) is 12.8 Å². The number of rotatable bonds is 3. The zero-order valence-electron chi connectivity index (χ0n) is 12.9. The van der Waals surface area contributed by atoms with Gasteiger partial charge in [-0.25, -0.2) is 12.8 Å². The average molecular weight is 396 g/mol. The van der Waals surface area contributed by atoms with Crippen LogP contribution in [-0.2, 0) is 10.0 Å². The zero-order chi connectivity index (χ0) is 15.6. The summed E-state index contributed by atoms with van der Waals surface area (Å²) in [6.07, 6.45) is 3.98. The molecule has 9 heteroatoms. The first-order valence-corrected chi connectivity index (χ1v) is 8.69. The van der Waals surface area contributed by atoms with Crippen molar-refractivity contribution < 1.29 is 12.8 Å². The Morgan fingerprint density at radius 2 is 2.04 bits per heavy atom. The van der Waals surface area contributed by atoms with Crippen molar-refractivity contribution in [1.29, 1.82) is 0 Å². The third kappa shape index (κ3) is 4.15. The van der Waals surface area contributed by atoms with Gasteiger partial charge in [0, 0.05) is 30.9 Å². The van der Waals surface area contributed by atoms with Crippen molar-refractivity contribution in [1.82, 2.24) is 14.6 Å². The Morgan fingerprint density at radius 1 is 1.25 bits per heavy atom. The van der Waals surface area contributed by atoms with E-state index in [1.807, 2.05) is 0 Å². The molecule has 0 unspecified atom stereocenters. The van der Waals surface area contributed by atoms with Crippen LogP contribution in [0, 0.1) is 0 Å². The molecule has 1 fully saturated rings. The van der Waals surface area contributed by atoms with Crippen LogP contribution in [0.4, 0.5) is 4.39 Å². The van der Waals surface area contributed by atoms with Crippen molar-refractivity contribution >= 4 is 45.6 Å². The number of nitrogens with zero attached hydrogens (tertiary/aromatic N) is 2. The summed E-state index contributed by atoms with van der Waals surface area (Å²) < 4.78 is 40.3. The molecule has 0 aliphatic carbocycles. The third-order valence-corrected chi connectivity index (χ3v) is 5.86. The molecular formula is C15H20Cl2FN3O2S. The molecule has 0 spiro atoms. The van der Waals surface area contributed by atoms with Crippen LogP contribution in [0.5, 0.6) is 0 Å². The van der Waals surface area contributed by atoms with E-state index in [-0.39, 0.29) is 29.7 Å². The molecule has 0 saturated carbocycles. The topological polar surface area (TPSA) is 62.3 Å². The minimum Gasteiger partial charge on any atom is -0.315 e. The summed E-state index contributed by atoms with van der Waals surface area (Å²) in [4.78, 5) is 4.22. The molecule has 2 heterocycles. The molecule has 1 N–H and O–H groups in total. The fourth-order valence-corrected chi connectivity index (χ4v) is 4.40. The summed E-state index contributed by atoms with van der Waals surface area (Å²) in [5.74, 6) is 0. The first-order chi connectivity index (χ1) is 10.6. The van der Waals surface area contributed by atoms with Gasteiger partial charge in [0.2, 0.25) is 10.0 Å². The molecule has 1 aromatic heterocycles. The number of hydrogen-bond acceptors (Lipinski definition) is 4. The van der Waals surface area contributed by atoms with Gasteiger partial charge in [-0.2, -0.15) is 4.31 Å². The van der Waals surface area contributed by atoms with Crippen LogP contribution in [0.3, 0.4) is 0 Å². The second kappa shape index (κ2) is 8.92. The van der Waals surface area contributed by atoms with Crippen LogP contribution in [0.15, 0.2) is 41.6 Å². The Labute approximate surface area is 153 Å². The molecule has 0 amide bonds. The van der Waals surface area contributed by atoms with E-state index in [1.54, 1.807) is 36.7 Å². The van der Waals surface area contributed by atoms with Crippen molar-refractivity contribution in [2.45, 2.75) is 17.4 Å². The molecule has 1 aromatic carbocycles. The summed E-state index contributed by atoms with van der Waals surface area (Å²) in [6.45, 7) is 0.682. The number of alkyl halides is 1. The first kappa shape index (κ1) is 21.1. The van der Waals surface area contributed by atoms with Crippen molar-refractivity contribution in [3.63, 3.8) is 0 Å². The molecule has 3 rings (SSSR count). The molecule has 5 nitrogen and oxygen atoms in total. The van der Waals surface area contributed by atoms with E-state index in [1.165, 1.54) is 4.31 Å². The lowest BCUT2D eigenvalue weighted by atomic mass is 10.2. The predicted molar refractivity (Wildman–Crippen MR) is 97.4 cm³/mol. The Bertz CT molecular complexity index is 776. The molecule has 134 valence electrons. The van der Waals surface area contributed by atoms with Gasteiger partial charge in [0.25, 0.3) is 0 Å². The Balaban J connectivity index is 0.00000144. The van der Waals surface area contributed by atoms with E-state index in [0.29, 0.717) is 26.1 Å². The van der Waals surface area contributed by atoms with Crippen LogP contribution in [0.1, 0.15) is 6.42 Å². The summed E-state index contributed by atoms with van der Waals surface area (Å²) in [5.41, 5.74) is 0. The van der Waals surface area contributed by atoms with Crippen molar-refractivity contribution in [2.75, 3.05) is 26.3 Å². The summed E-state index contributed by atoms with van der Waals surface area (Å²) in [6, 6.07) is 6.04. The molecular weight excluding hydrogens is 376 g/mol. The number of nitrogens with one attached hydrogen (secondary N) is 1. The van der Waals surface area contributed by atoms with Gasteiger partial charge in [0.15, 0.2) is 0 Å². The van der Waals surface area contributed by atoms with Crippen LogP contribution in [0.25, 0.3) is 10.8 Å². The summed E-state index contributed by atoms with van der Waals surface area (Å²) in [5, 5.41) is 4.76. The predicted octanol–water partition coefficient (Wildman–Crippen LogP) is 2.40. The lowest BCUT2D eigenvalue weighted by Crippen LogP contribution is -2.44. The lowest BCUT2D eigenvalue weighted by Gasteiger charge is -2.26. The number of sulfonamides is 1. The monoisotopic (exact) mass is 395 g/mol. The second-order valence-electron chi connectivity index (χ2n) is 5.37. The molecule has 0 radical (unpaired) electrons. The quantitative estimate of drug-likeness (QED) is 0.866. The van der Waals surface area contributed by atoms with E-state index in [4.69, 9.17) is 0 Å². The number of halogens is 3. The molecule has 1 aliphatic rings. The molecule has 24 heavy (non-hydrogen) atoms. The fourth-order valence-electron chi connectivity index (χ4n) is 2.72. The molecule has 1 saturated heterocycles. The first-order valence-electron chi connectivity index (χ1n) is 7.25. The van der Waals surface area contributed by atoms with Crippen LogP contribution in [0.2, 0.25) is 0 Å². The molecule has 1 atom stereocenters. The van der Waals surface area contributed by atoms with Gasteiger partial charge < -0.3 is 5.32 Å². The highest BCUT2D eigenvalue weighted by atomic mass is 35.5. The van der Waals surface area contributed by atoms with Crippen molar-refractivity contribution in [3.8, 4) is 0 Å². The standard InChI is InChI=1S/C15H18FN3O2S.2ClH/c16-9-14-11-17-5-1-7-19(14)22(20,21)15-3-2-13-10-18-6-4-12(13)8-15;;/h2-4,6,8,10,14,17H,1,5,7,9,11H2;2*1H/t14-;;/m1../s1. The minimum atomic E-state index is -3.71. The number of benzene rings is 1. The highest BCUT2D eigenvalue weighted by Crippen LogP contribution is 2.23. The van der Waals surface area contributed by atoms with Gasteiger partial charge >= 0.3 is 0 Å². The maximum atomic E-state index is 13.3. The number of aromatic nitrogens is 1. The SMILES string of the molecule is Cl.Cl.O=S(=O)(c1ccc2cnccc2c1)N1CCCNC[C@H]1CF. The molecule has 2 aromatic rings. The normalized spacial score (nSPS) is 19.1. The van der Waals surface area contributed by atoms with Gasteiger partial charge in [-0.05, 0) is 36.6 Å². The van der Waals surface area contributed by atoms with E-state index in [0.717, 1.165) is 10.8 Å². The number of fused-ring (bicyclic) bond motifs is 1. The van der Waals surface area contributed by atoms with Gasteiger partial charge in [-0.15, -0.1) is 24.8 Å². The number of hydrogen-bond donors (Lipinski definition) is 1. The average Bonchev–Trinajstić information content (AvgIpc) is 2.80. The maximum absolute atomic E-state index is 13.3. The second-order valence-corrected chi connectivity index (χ2v) is 7.26. The Hall–Kier alpha value is -0.990. The third-order valence-electron chi connectivity index (χ3n) is 3.92. The highest BCUT2D eigenvalue weighted by molar-refractivity contribution is 7.89. The van der Waals surface area contributed by atoms with Gasteiger partial charge in [-0.1, -0.05) is 6.07 Å². The van der Waals surface area contributed by atoms with Crippen molar-refractivity contribution in [2.24, 2.45) is 0 Å². The Morgan fingerprint density at radius 3 is 2.79 bits per heavy atom. The van der Waals surface area contributed by atoms with Crippen LogP contribution in [-0.4, -0.2) is 50.1 Å². The van der Waals surface area contributed by atoms with Gasteiger partial charge in [0.05, 0.1) is 10.9 Å². The molecule has 0 bridgehead atoms. The van der Waals surface area contributed by atoms with E-state index >= 15 is 0 Å². The number of pyridine rings is 1. The van der Waals surface area contributed by atoms with Crippen LogP contribution >= 0.6 is 24.8 Å². The summed E-state index contributed by atoms with van der Waals surface area (Å²) >= 11 is 0. The van der Waals surface area contributed by atoms with Crippen molar-refractivity contribution in [3.05, 3.63) is 36.7 Å². The summed E-state index contributed by atoms with van der Waals surface area (Å²) in [7, 11) is -3.71. The fraction of sp³-hybridized carbons (Fsp3) is 0.400. The minimum absolute atomic E-state index is 0. The van der Waals surface area contributed by atoms with Crippen LogP contribution < -0.4 is 5.32 Å². The Kier molecular flexibility index (Phi) is 7.82. The van der Waals surface area contributed by atoms with E-state index < -0.39 is 22.7 Å². The zero-order valence-corrected chi connectivity index (χ0v) is 15.3. The highest BCUT2D eigenvalue weighted by Gasteiger charge is 2.32. The molecule has 1 aliphatic heterocycles. The maximum Gasteiger partial charge on any atom is 0.243 e. The smallest absolute Gasteiger partial charge is 0.243 e. The largest absolute Gasteiger partial charge is 0.315 e.